The lowest BCUT2D eigenvalue weighted by Gasteiger charge is -2.42. The highest BCUT2D eigenvalue weighted by Crippen LogP contribution is 2.37. The highest BCUT2D eigenvalue weighted by molar-refractivity contribution is 6.11. The average molecular weight is 734 g/mol. The number of benzene rings is 3. The van der Waals surface area contributed by atoms with E-state index in [1.165, 1.54) is 11.1 Å². The summed E-state index contributed by atoms with van der Waals surface area (Å²) in [7, 11) is 0. The minimum atomic E-state index is -0.887. The molecule has 0 saturated carbocycles. The highest BCUT2D eigenvalue weighted by atomic mass is 16.5. The maximum absolute atomic E-state index is 13.4. The van der Waals surface area contributed by atoms with E-state index in [0.29, 0.717) is 19.6 Å². The van der Waals surface area contributed by atoms with Gasteiger partial charge in [-0.25, -0.2) is 0 Å². The average Bonchev–Trinajstić information content (AvgIpc) is 3.44. The molecule has 4 aliphatic rings. The molecule has 4 unspecified atom stereocenters. The second kappa shape index (κ2) is 17.1. The van der Waals surface area contributed by atoms with Gasteiger partial charge in [-0.1, -0.05) is 61.5 Å². The minimum Gasteiger partial charge on any atom is -0.508 e. The molecule has 7 rings (SSSR count). The number of carbonyl (C=O) groups is 4. The van der Waals surface area contributed by atoms with Crippen LogP contribution in [0.2, 0.25) is 0 Å². The third-order valence-corrected chi connectivity index (χ3v) is 11.5. The Kier molecular flexibility index (Phi) is 11.9. The first-order valence-electron chi connectivity index (χ1n) is 19.5. The number of amides is 4. The van der Waals surface area contributed by atoms with Crippen LogP contribution in [0.25, 0.3) is 11.1 Å². The van der Waals surface area contributed by atoms with Gasteiger partial charge in [0, 0.05) is 39.1 Å². The van der Waals surface area contributed by atoms with Crippen molar-refractivity contribution in [2.24, 2.45) is 11.8 Å². The van der Waals surface area contributed by atoms with E-state index < -0.39 is 23.8 Å². The molecular weight excluding hydrogens is 683 g/mol. The first kappa shape index (κ1) is 37.5. The SMILES string of the molecule is CC/C(=C(\c1ccc(O)cc1)c1ccc(OCCCCCN2CCN(C3CC4C(=O)N(C5CCC(=O)NC5=O)C(=O)C4CN3)CC2)cc1)c1ccccc1. The molecule has 4 amide bonds. The summed E-state index contributed by atoms with van der Waals surface area (Å²) in [6.45, 7) is 7.98. The smallest absolute Gasteiger partial charge is 0.249 e. The minimum absolute atomic E-state index is 0.0195. The molecule has 3 N–H and O–H groups in total. The number of phenolic OH excluding ortho intramolecular Hbond substituents is 1. The molecule has 0 aromatic heterocycles. The topological polar surface area (TPSA) is 132 Å². The molecular formula is C43H51N5O6. The van der Waals surface area contributed by atoms with E-state index >= 15 is 0 Å². The van der Waals surface area contributed by atoms with Crippen molar-refractivity contribution >= 4 is 34.8 Å². The van der Waals surface area contributed by atoms with Crippen molar-refractivity contribution in [3.05, 3.63) is 95.6 Å². The van der Waals surface area contributed by atoms with Gasteiger partial charge in [0.15, 0.2) is 0 Å². The third kappa shape index (κ3) is 8.28. The van der Waals surface area contributed by atoms with E-state index in [-0.39, 0.29) is 42.5 Å². The molecule has 0 bridgehead atoms. The van der Waals surface area contributed by atoms with Gasteiger partial charge in [0.25, 0.3) is 0 Å². The number of ether oxygens (including phenoxy) is 1. The number of fused-ring (bicyclic) bond motifs is 1. The number of nitrogens with zero attached hydrogens (tertiary/aromatic N) is 3. The number of imide groups is 2. The predicted molar refractivity (Wildman–Crippen MR) is 206 cm³/mol. The van der Waals surface area contributed by atoms with Crippen LogP contribution in [0.1, 0.15) is 68.6 Å². The van der Waals surface area contributed by atoms with Gasteiger partial charge in [0.2, 0.25) is 23.6 Å². The summed E-state index contributed by atoms with van der Waals surface area (Å²) in [5.41, 5.74) is 5.75. The Labute approximate surface area is 317 Å². The van der Waals surface area contributed by atoms with Crippen LogP contribution in [-0.2, 0) is 19.2 Å². The van der Waals surface area contributed by atoms with Crippen LogP contribution in [0.3, 0.4) is 0 Å². The number of phenols is 1. The molecule has 4 fully saturated rings. The summed E-state index contributed by atoms with van der Waals surface area (Å²) in [5, 5.41) is 15.7. The summed E-state index contributed by atoms with van der Waals surface area (Å²) >= 11 is 0. The molecule has 284 valence electrons. The maximum atomic E-state index is 13.4. The number of likely N-dealkylation sites (tertiary alicyclic amines) is 1. The second-order valence-corrected chi connectivity index (χ2v) is 14.8. The lowest BCUT2D eigenvalue weighted by molar-refractivity contribution is -0.151. The normalized spacial score (nSPS) is 24.3. The van der Waals surface area contributed by atoms with Crippen molar-refractivity contribution in [2.75, 3.05) is 45.9 Å². The number of hydrogen-bond acceptors (Lipinski definition) is 9. The Morgan fingerprint density at radius 2 is 1.48 bits per heavy atom. The van der Waals surface area contributed by atoms with Crippen molar-refractivity contribution < 1.29 is 29.0 Å². The number of carbonyl (C=O) groups excluding carboxylic acids is 4. The lowest BCUT2D eigenvalue weighted by Crippen LogP contribution is -2.58. The van der Waals surface area contributed by atoms with E-state index in [1.54, 1.807) is 12.1 Å². The monoisotopic (exact) mass is 733 g/mol. The zero-order valence-electron chi connectivity index (χ0n) is 31.0. The predicted octanol–water partition coefficient (Wildman–Crippen LogP) is 4.65. The number of aromatic hydroxyl groups is 1. The van der Waals surface area contributed by atoms with Crippen LogP contribution >= 0.6 is 0 Å². The number of nitrogens with one attached hydrogen (secondary N) is 2. The van der Waals surface area contributed by atoms with Crippen molar-refractivity contribution in [3.63, 3.8) is 0 Å². The molecule has 54 heavy (non-hydrogen) atoms. The van der Waals surface area contributed by atoms with Crippen LogP contribution in [0, 0.1) is 11.8 Å². The van der Waals surface area contributed by atoms with Gasteiger partial charge >= 0.3 is 0 Å². The molecule has 3 aromatic rings. The molecule has 0 radical (unpaired) electrons. The number of unbranched alkanes of at least 4 members (excludes halogenated alkanes) is 2. The Bertz CT molecular complexity index is 1840. The largest absolute Gasteiger partial charge is 0.508 e. The van der Waals surface area contributed by atoms with E-state index in [0.717, 1.165) is 85.8 Å². The summed E-state index contributed by atoms with van der Waals surface area (Å²) in [5.74, 6) is -1.26. The molecule has 0 aliphatic carbocycles. The van der Waals surface area contributed by atoms with E-state index in [9.17, 15) is 24.3 Å². The molecule has 11 heteroatoms. The van der Waals surface area contributed by atoms with Crippen LogP contribution in [0.5, 0.6) is 11.5 Å². The Hall–Kier alpha value is -4.84. The van der Waals surface area contributed by atoms with Gasteiger partial charge in [0.05, 0.1) is 24.6 Å². The van der Waals surface area contributed by atoms with Crippen molar-refractivity contribution in [1.29, 1.82) is 0 Å². The van der Waals surface area contributed by atoms with E-state index in [4.69, 9.17) is 4.74 Å². The summed E-state index contributed by atoms with van der Waals surface area (Å²) < 4.78 is 6.14. The summed E-state index contributed by atoms with van der Waals surface area (Å²) in [6.07, 6.45) is 4.92. The summed E-state index contributed by atoms with van der Waals surface area (Å²) in [6, 6.07) is 25.3. The van der Waals surface area contributed by atoms with Crippen LogP contribution in [0.4, 0.5) is 0 Å². The van der Waals surface area contributed by atoms with Gasteiger partial charge in [0.1, 0.15) is 17.5 Å². The number of piperidine rings is 2. The van der Waals surface area contributed by atoms with Gasteiger partial charge < -0.3 is 20.1 Å². The van der Waals surface area contributed by atoms with Gasteiger partial charge in [-0.3, -0.25) is 34.3 Å². The zero-order valence-corrected chi connectivity index (χ0v) is 31.0. The molecule has 4 heterocycles. The maximum Gasteiger partial charge on any atom is 0.249 e. The van der Waals surface area contributed by atoms with Gasteiger partial charge in [-0.2, -0.15) is 0 Å². The summed E-state index contributed by atoms with van der Waals surface area (Å²) in [4.78, 5) is 56.6. The number of hydrogen-bond donors (Lipinski definition) is 3. The quantitative estimate of drug-likeness (QED) is 0.131. The van der Waals surface area contributed by atoms with Crippen molar-refractivity contribution in [1.82, 2.24) is 25.3 Å². The fraction of sp³-hybridized carbons (Fsp3) is 0.442. The number of piperazine rings is 1. The fourth-order valence-corrected chi connectivity index (χ4v) is 8.53. The van der Waals surface area contributed by atoms with E-state index in [2.05, 4.69) is 63.8 Å². The van der Waals surface area contributed by atoms with Crippen LogP contribution < -0.4 is 15.4 Å². The zero-order chi connectivity index (χ0) is 37.6. The molecule has 3 aromatic carbocycles. The Balaban J connectivity index is 0.836. The second-order valence-electron chi connectivity index (χ2n) is 14.8. The van der Waals surface area contributed by atoms with Gasteiger partial charge in [-0.05, 0) is 97.2 Å². The Morgan fingerprint density at radius 3 is 2.17 bits per heavy atom. The molecule has 0 spiro atoms. The molecule has 11 nitrogen and oxygen atoms in total. The third-order valence-electron chi connectivity index (χ3n) is 11.5. The molecule has 4 aliphatic heterocycles. The number of rotatable bonds is 13. The standard InChI is InChI=1S/C43H51N5O6/c1-2-34(29-9-5-3-6-10-29)40(30-11-15-32(49)16-12-30)31-13-17-33(18-14-31)54-26-8-4-7-21-46-22-24-47(25-23-46)38-27-35-36(28-44-38)43(53)48(42(35)52)37-19-20-39(50)45-41(37)51/h3,5-6,9-18,35-38,44,49H,2,4,7-8,19-28H2,1H3,(H,45,50,51)/b40-34-. The highest BCUT2D eigenvalue weighted by Gasteiger charge is 2.54. The number of allylic oxidation sites excluding steroid dienone is 1. The van der Waals surface area contributed by atoms with Crippen molar-refractivity contribution in [3.8, 4) is 11.5 Å². The van der Waals surface area contributed by atoms with E-state index in [1.807, 2.05) is 30.3 Å². The fourth-order valence-electron chi connectivity index (χ4n) is 8.53. The lowest BCUT2D eigenvalue weighted by atomic mass is 9.86. The first-order valence-corrected chi connectivity index (χ1v) is 19.5. The Morgan fingerprint density at radius 1 is 0.796 bits per heavy atom. The van der Waals surface area contributed by atoms with Crippen LogP contribution in [0.15, 0.2) is 78.9 Å². The molecule has 4 atom stereocenters. The van der Waals surface area contributed by atoms with Crippen LogP contribution in [-0.4, -0.2) is 102 Å². The molecule has 4 saturated heterocycles. The first-order chi connectivity index (χ1) is 26.3. The van der Waals surface area contributed by atoms with Crippen molar-refractivity contribution in [2.45, 2.75) is 64.1 Å². The van der Waals surface area contributed by atoms with Gasteiger partial charge in [-0.15, -0.1) is 0 Å².